The minimum Gasteiger partial charge on any atom is -0.495 e. The zero-order chi connectivity index (χ0) is 17.2. The molecular formula is C14H18N2O6S. The van der Waals surface area contributed by atoms with Gasteiger partial charge in [0.15, 0.2) is 6.10 Å². The van der Waals surface area contributed by atoms with E-state index in [1.54, 1.807) is 0 Å². The highest BCUT2D eigenvalue weighted by atomic mass is 32.2. The van der Waals surface area contributed by atoms with Crippen LogP contribution in [0.25, 0.3) is 0 Å². The number of rotatable bonds is 7. The van der Waals surface area contributed by atoms with Crippen molar-refractivity contribution in [2.45, 2.75) is 36.8 Å². The zero-order valence-electron chi connectivity index (χ0n) is 12.7. The monoisotopic (exact) mass is 342 g/mol. The van der Waals surface area contributed by atoms with Crippen molar-refractivity contribution >= 4 is 21.9 Å². The summed E-state index contributed by atoms with van der Waals surface area (Å²) in [6, 6.07) is 3.77. The average molecular weight is 342 g/mol. The zero-order valence-corrected chi connectivity index (χ0v) is 13.6. The predicted molar refractivity (Wildman–Crippen MR) is 80.4 cm³/mol. The number of nitrogens with one attached hydrogen (secondary N) is 1. The van der Waals surface area contributed by atoms with Crippen LogP contribution in [0.2, 0.25) is 0 Å². The number of esters is 1. The topological polar surface area (TPSA) is 125 Å². The first-order valence-corrected chi connectivity index (χ1v) is 8.43. The normalized spacial score (nSPS) is 15.7. The maximum absolute atomic E-state index is 12.4. The van der Waals surface area contributed by atoms with Crippen molar-refractivity contribution < 1.29 is 27.5 Å². The molecule has 0 aromatic heterocycles. The van der Waals surface area contributed by atoms with Crippen LogP contribution in [-0.4, -0.2) is 39.5 Å². The van der Waals surface area contributed by atoms with Crippen LogP contribution in [0.5, 0.6) is 5.75 Å². The molecule has 8 nitrogen and oxygen atoms in total. The van der Waals surface area contributed by atoms with Crippen LogP contribution in [0, 0.1) is 0 Å². The molecule has 1 aromatic carbocycles. The summed E-state index contributed by atoms with van der Waals surface area (Å²) < 4.78 is 37.1. The second-order valence-electron chi connectivity index (χ2n) is 5.21. The quantitative estimate of drug-likeness (QED) is 0.680. The molecule has 0 heterocycles. The van der Waals surface area contributed by atoms with E-state index in [1.807, 2.05) is 0 Å². The van der Waals surface area contributed by atoms with E-state index in [1.165, 1.54) is 26.2 Å². The van der Waals surface area contributed by atoms with Gasteiger partial charge in [0, 0.05) is 6.04 Å². The van der Waals surface area contributed by atoms with Crippen molar-refractivity contribution in [1.82, 2.24) is 4.72 Å². The van der Waals surface area contributed by atoms with E-state index in [9.17, 15) is 18.0 Å². The SMILES string of the molecule is COc1ccc(C(=O)O[C@@H](C)C(N)=O)cc1S(=O)(=O)NC1CC1. The summed E-state index contributed by atoms with van der Waals surface area (Å²) in [5.41, 5.74) is 5.01. The lowest BCUT2D eigenvalue weighted by Crippen LogP contribution is -2.30. The maximum Gasteiger partial charge on any atom is 0.338 e. The molecule has 0 saturated heterocycles. The Morgan fingerprint density at radius 1 is 1.35 bits per heavy atom. The minimum absolute atomic E-state index is 0.0185. The van der Waals surface area contributed by atoms with Gasteiger partial charge in [-0.25, -0.2) is 17.9 Å². The van der Waals surface area contributed by atoms with Gasteiger partial charge >= 0.3 is 5.97 Å². The number of hydrogen-bond donors (Lipinski definition) is 2. The highest BCUT2D eigenvalue weighted by molar-refractivity contribution is 7.89. The van der Waals surface area contributed by atoms with Crippen LogP contribution >= 0.6 is 0 Å². The van der Waals surface area contributed by atoms with Crippen LogP contribution in [0.1, 0.15) is 30.1 Å². The van der Waals surface area contributed by atoms with E-state index in [2.05, 4.69) is 4.72 Å². The van der Waals surface area contributed by atoms with E-state index in [-0.39, 0.29) is 22.3 Å². The summed E-state index contributed by atoms with van der Waals surface area (Å²) in [5.74, 6) is -1.53. The van der Waals surface area contributed by atoms with E-state index in [4.69, 9.17) is 15.2 Å². The standard InChI is InChI=1S/C14H18N2O6S/c1-8(13(15)17)22-14(18)9-3-6-11(21-2)12(7-9)23(19,20)16-10-4-5-10/h3,6-8,10,16H,4-5H2,1-2H3,(H2,15,17)/t8-/m0/s1. The van der Waals surface area contributed by atoms with Gasteiger partial charge in [0.05, 0.1) is 12.7 Å². The van der Waals surface area contributed by atoms with Crippen molar-refractivity contribution in [2.75, 3.05) is 7.11 Å². The van der Waals surface area contributed by atoms with Crippen molar-refractivity contribution in [3.63, 3.8) is 0 Å². The molecule has 1 aliphatic rings. The summed E-state index contributed by atoms with van der Waals surface area (Å²) in [6.45, 7) is 1.33. The van der Waals surface area contributed by atoms with Crippen molar-refractivity contribution in [1.29, 1.82) is 0 Å². The van der Waals surface area contributed by atoms with Gasteiger partial charge in [-0.15, -0.1) is 0 Å². The Morgan fingerprint density at radius 2 is 2.00 bits per heavy atom. The molecule has 0 bridgehead atoms. The number of carbonyl (C=O) groups is 2. The fourth-order valence-electron chi connectivity index (χ4n) is 1.78. The van der Waals surface area contributed by atoms with E-state index in [0.29, 0.717) is 0 Å². The van der Waals surface area contributed by atoms with Crippen LogP contribution in [0.4, 0.5) is 0 Å². The molecule has 0 radical (unpaired) electrons. The number of methoxy groups -OCH3 is 1. The first kappa shape index (κ1) is 17.2. The van der Waals surface area contributed by atoms with Crippen molar-refractivity contribution in [3.8, 4) is 5.75 Å². The number of nitrogens with two attached hydrogens (primary N) is 1. The number of amides is 1. The molecule has 1 atom stereocenters. The lowest BCUT2D eigenvalue weighted by molar-refractivity contribution is -0.125. The Hall–Kier alpha value is -2.13. The third-order valence-electron chi connectivity index (χ3n) is 3.27. The summed E-state index contributed by atoms with van der Waals surface area (Å²) in [4.78, 5) is 22.8. The van der Waals surface area contributed by atoms with Gasteiger partial charge in [-0.05, 0) is 38.0 Å². The largest absolute Gasteiger partial charge is 0.495 e. The minimum atomic E-state index is -3.82. The van der Waals surface area contributed by atoms with Gasteiger partial charge in [-0.3, -0.25) is 4.79 Å². The molecule has 1 aliphatic carbocycles. The Labute approximate surface area is 134 Å². The molecule has 0 spiro atoms. The second kappa shape index (κ2) is 6.55. The highest BCUT2D eigenvalue weighted by Gasteiger charge is 2.30. The van der Waals surface area contributed by atoms with Crippen LogP contribution in [-0.2, 0) is 19.6 Å². The van der Waals surface area contributed by atoms with Gasteiger partial charge in [0.1, 0.15) is 10.6 Å². The number of primary amides is 1. The fraction of sp³-hybridized carbons (Fsp3) is 0.429. The molecular weight excluding hydrogens is 324 g/mol. The molecule has 9 heteroatoms. The molecule has 1 fully saturated rings. The Kier molecular flexibility index (Phi) is 4.90. The molecule has 0 aliphatic heterocycles. The van der Waals surface area contributed by atoms with Crippen LogP contribution in [0.3, 0.4) is 0 Å². The number of carbonyl (C=O) groups excluding carboxylic acids is 2. The van der Waals surface area contributed by atoms with Crippen LogP contribution < -0.4 is 15.2 Å². The number of sulfonamides is 1. The van der Waals surface area contributed by atoms with Gasteiger partial charge in [-0.2, -0.15) is 0 Å². The number of ether oxygens (including phenoxy) is 2. The maximum atomic E-state index is 12.4. The molecule has 3 N–H and O–H groups in total. The number of hydrogen-bond acceptors (Lipinski definition) is 6. The lowest BCUT2D eigenvalue weighted by atomic mass is 10.2. The molecule has 23 heavy (non-hydrogen) atoms. The van der Waals surface area contributed by atoms with E-state index < -0.39 is 28.0 Å². The Bertz CT molecular complexity index is 727. The summed E-state index contributed by atoms with van der Waals surface area (Å²) in [5, 5.41) is 0. The third-order valence-corrected chi connectivity index (χ3v) is 4.81. The Morgan fingerprint density at radius 3 is 2.52 bits per heavy atom. The van der Waals surface area contributed by atoms with Gasteiger partial charge < -0.3 is 15.2 Å². The van der Waals surface area contributed by atoms with Gasteiger partial charge in [0.25, 0.3) is 5.91 Å². The smallest absolute Gasteiger partial charge is 0.338 e. The molecule has 1 amide bonds. The van der Waals surface area contributed by atoms with Crippen molar-refractivity contribution in [2.24, 2.45) is 5.73 Å². The highest BCUT2D eigenvalue weighted by Crippen LogP contribution is 2.28. The van der Waals surface area contributed by atoms with E-state index >= 15 is 0 Å². The van der Waals surface area contributed by atoms with Gasteiger partial charge in [0.2, 0.25) is 10.0 Å². The molecule has 0 unspecified atom stereocenters. The third kappa shape index (κ3) is 4.20. The number of benzene rings is 1. The first-order chi connectivity index (χ1) is 10.7. The van der Waals surface area contributed by atoms with Gasteiger partial charge in [-0.1, -0.05) is 0 Å². The first-order valence-electron chi connectivity index (χ1n) is 6.95. The predicted octanol–water partition coefficient (Wildman–Crippen LogP) is 0.166. The summed E-state index contributed by atoms with van der Waals surface area (Å²) in [6.07, 6.45) is 0.438. The average Bonchev–Trinajstić information content (AvgIpc) is 3.29. The van der Waals surface area contributed by atoms with Crippen LogP contribution in [0.15, 0.2) is 23.1 Å². The summed E-state index contributed by atoms with van der Waals surface area (Å²) >= 11 is 0. The fourth-order valence-corrected chi connectivity index (χ4v) is 3.28. The lowest BCUT2D eigenvalue weighted by Gasteiger charge is -2.13. The second-order valence-corrected chi connectivity index (χ2v) is 6.89. The molecule has 126 valence electrons. The van der Waals surface area contributed by atoms with Crippen molar-refractivity contribution in [3.05, 3.63) is 23.8 Å². The Balaban J connectivity index is 2.31. The summed E-state index contributed by atoms with van der Waals surface area (Å²) in [7, 11) is -2.48. The molecule has 1 saturated carbocycles. The molecule has 1 aromatic rings. The molecule has 2 rings (SSSR count). The van der Waals surface area contributed by atoms with E-state index in [0.717, 1.165) is 18.9 Å².